The number of benzene rings is 3. The molecule has 1 N–H and O–H groups in total. The van der Waals surface area contributed by atoms with E-state index in [0.29, 0.717) is 0 Å². The fourth-order valence-corrected chi connectivity index (χ4v) is 5.02. The fraction of sp³-hybridized carbons (Fsp3) is 0.261. The van der Waals surface area contributed by atoms with Gasteiger partial charge in [-0.3, -0.25) is 4.79 Å². The number of carbonyl (C=O) groups excluding carboxylic acids is 1. The van der Waals surface area contributed by atoms with E-state index < -0.39 is 27.8 Å². The van der Waals surface area contributed by atoms with Crippen LogP contribution in [0.25, 0.3) is 10.8 Å². The van der Waals surface area contributed by atoms with Gasteiger partial charge in [-0.1, -0.05) is 56.3 Å². The van der Waals surface area contributed by atoms with E-state index in [0.717, 1.165) is 28.5 Å². The number of hydrogen-bond acceptors (Lipinski definition) is 3. The lowest BCUT2D eigenvalue weighted by molar-refractivity contribution is 0.0936. The molecule has 0 heterocycles. The molecular weight excluding hydrogens is 403 g/mol. The van der Waals surface area contributed by atoms with Crippen LogP contribution in [0, 0.1) is 5.82 Å². The summed E-state index contributed by atoms with van der Waals surface area (Å²) in [6.45, 7) is 5.84. The molecule has 3 aromatic carbocycles. The van der Waals surface area contributed by atoms with E-state index >= 15 is 0 Å². The second kappa shape index (κ2) is 8.93. The molecule has 158 valence electrons. The van der Waals surface area contributed by atoms with E-state index in [1.807, 2.05) is 49.4 Å². The third-order valence-electron chi connectivity index (χ3n) is 5.16. The number of fused-ring (bicyclic) bond motifs is 1. The number of halogens is 1. The molecule has 0 aliphatic heterocycles. The van der Waals surface area contributed by atoms with Gasteiger partial charge in [0.25, 0.3) is 5.91 Å². The average molecular weight is 429 g/mol. The Hall–Kier alpha value is -2.77. The van der Waals surface area contributed by atoms with Crippen LogP contribution in [0.15, 0.2) is 65.6 Å². The number of amides is 1. The highest BCUT2D eigenvalue weighted by molar-refractivity contribution is 7.89. The van der Waals surface area contributed by atoms with Crippen LogP contribution in [0.1, 0.15) is 42.7 Å². The van der Waals surface area contributed by atoms with Crippen molar-refractivity contribution in [2.24, 2.45) is 0 Å². The minimum atomic E-state index is -3.80. The summed E-state index contributed by atoms with van der Waals surface area (Å²) in [7, 11) is -3.80. The number of nitrogens with one attached hydrogen (secondary N) is 1. The third-order valence-corrected chi connectivity index (χ3v) is 7.21. The lowest BCUT2D eigenvalue weighted by Gasteiger charge is -2.20. The van der Waals surface area contributed by atoms with Crippen molar-refractivity contribution in [2.75, 3.05) is 13.1 Å². The number of carbonyl (C=O) groups is 1. The van der Waals surface area contributed by atoms with E-state index in [4.69, 9.17) is 0 Å². The minimum Gasteiger partial charge on any atom is -0.345 e. The molecule has 1 amide bonds. The van der Waals surface area contributed by atoms with Crippen LogP contribution < -0.4 is 5.32 Å². The van der Waals surface area contributed by atoms with Crippen molar-refractivity contribution in [3.63, 3.8) is 0 Å². The van der Waals surface area contributed by atoms with Crippen LogP contribution in [-0.2, 0) is 10.0 Å². The summed E-state index contributed by atoms with van der Waals surface area (Å²) >= 11 is 0. The van der Waals surface area contributed by atoms with Crippen molar-refractivity contribution in [3.05, 3.63) is 77.6 Å². The van der Waals surface area contributed by atoms with Crippen molar-refractivity contribution in [2.45, 2.75) is 31.7 Å². The Bertz CT molecular complexity index is 1170. The molecule has 30 heavy (non-hydrogen) atoms. The van der Waals surface area contributed by atoms with Crippen LogP contribution in [-0.4, -0.2) is 31.7 Å². The number of rotatable bonds is 7. The first kappa shape index (κ1) is 21.9. The maximum Gasteiger partial charge on any atom is 0.254 e. The molecule has 5 nitrogen and oxygen atoms in total. The zero-order valence-corrected chi connectivity index (χ0v) is 18.0. The van der Waals surface area contributed by atoms with Gasteiger partial charge >= 0.3 is 0 Å². The summed E-state index contributed by atoms with van der Waals surface area (Å²) in [6, 6.07) is 16.5. The number of sulfonamides is 1. The Labute approximate surface area is 176 Å². The highest BCUT2D eigenvalue weighted by atomic mass is 32.2. The normalized spacial score (nSPS) is 12.8. The molecule has 0 aliphatic rings. The average Bonchev–Trinajstić information content (AvgIpc) is 2.74. The molecule has 3 aromatic rings. The van der Waals surface area contributed by atoms with E-state index in [9.17, 15) is 17.6 Å². The molecule has 0 radical (unpaired) electrons. The SMILES string of the molecule is CCN(CC)S(=O)(=O)c1ccc(F)c(C(=O)NC(C)c2cccc3ccccc23)c1. The standard InChI is InChI=1S/C23H25FN2O3S/c1-4-26(5-2)30(28,29)18-13-14-22(24)21(15-18)23(27)25-16(3)19-12-8-10-17-9-6-7-11-20(17)19/h6-16H,4-5H2,1-3H3,(H,25,27). The summed E-state index contributed by atoms with van der Waals surface area (Å²) in [5.41, 5.74) is 0.601. The van der Waals surface area contributed by atoms with Gasteiger partial charge in [-0.25, -0.2) is 12.8 Å². The summed E-state index contributed by atoms with van der Waals surface area (Å²) in [5.74, 6) is -1.43. The highest BCUT2D eigenvalue weighted by Gasteiger charge is 2.25. The molecule has 0 saturated heterocycles. The fourth-order valence-electron chi connectivity index (χ4n) is 3.53. The lowest BCUT2D eigenvalue weighted by atomic mass is 9.99. The van der Waals surface area contributed by atoms with Gasteiger partial charge in [0.05, 0.1) is 16.5 Å². The topological polar surface area (TPSA) is 66.5 Å². The quantitative estimate of drug-likeness (QED) is 0.603. The summed E-state index contributed by atoms with van der Waals surface area (Å²) in [5, 5.41) is 4.82. The summed E-state index contributed by atoms with van der Waals surface area (Å²) in [4.78, 5) is 12.7. The van der Waals surface area contributed by atoms with Crippen LogP contribution in [0.2, 0.25) is 0 Å². The Kier molecular flexibility index (Phi) is 6.53. The molecular formula is C23H25FN2O3S. The van der Waals surface area contributed by atoms with Gasteiger partial charge in [0.2, 0.25) is 10.0 Å². The van der Waals surface area contributed by atoms with Gasteiger partial charge in [-0.2, -0.15) is 4.31 Å². The van der Waals surface area contributed by atoms with Gasteiger partial charge in [-0.15, -0.1) is 0 Å². The van der Waals surface area contributed by atoms with Crippen LogP contribution in [0.4, 0.5) is 4.39 Å². The number of hydrogen-bond donors (Lipinski definition) is 1. The van der Waals surface area contributed by atoms with Gasteiger partial charge < -0.3 is 5.32 Å². The molecule has 0 aliphatic carbocycles. The first-order valence-electron chi connectivity index (χ1n) is 9.87. The Morgan fingerprint density at radius 2 is 1.70 bits per heavy atom. The first-order valence-corrected chi connectivity index (χ1v) is 11.3. The molecule has 0 saturated carbocycles. The van der Waals surface area contributed by atoms with Gasteiger partial charge in [0.1, 0.15) is 5.82 Å². The molecule has 0 aromatic heterocycles. The zero-order chi connectivity index (χ0) is 21.9. The second-order valence-corrected chi connectivity index (χ2v) is 8.93. The predicted octanol–water partition coefficient (Wildman–Crippen LogP) is 4.50. The summed E-state index contributed by atoms with van der Waals surface area (Å²) < 4.78 is 41.2. The minimum absolute atomic E-state index is 0.101. The summed E-state index contributed by atoms with van der Waals surface area (Å²) in [6.07, 6.45) is 0. The van der Waals surface area contributed by atoms with E-state index in [-0.39, 0.29) is 23.5 Å². The highest BCUT2D eigenvalue weighted by Crippen LogP contribution is 2.25. The van der Waals surface area contributed by atoms with Crippen molar-refractivity contribution in [1.29, 1.82) is 0 Å². The van der Waals surface area contributed by atoms with E-state index in [1.54, 1.807) is 13.8 Å². The Morgan fingerprint density at radius 3 is 2.40 bits per heavy atom. The molecule has 0 fully saturated rings. The lowest BCUT2D eigenvalue weighted by Crippen LogP contribution is -2.31. The van der Waals surface area contributed by atoms with Gasteiger partial charge in [0.15, 0.2) is 0 Å². The monoisotopic (exact) mass is 428 g/mol. The van der Waals surface area contributed by atoms with Crippen LogP contribution in [0.3, 0.4) is 0 Å². The molecule has 1 unspecified atom stereocenters. The molecule has 3 rings (SSSR count). The number of nitrogens with zero attached hydrogens (tertiary/aromatic N) is 1. The largest absolute Gasteiger partial charge is 0.345 e. The van der Waals surface area contributed by atoms with Crippen molar-refractivity contribution < 1.29 is 17.6 Å². The second-order valence-electron chi connectivity index (χ2n) is 6.99. The van der Waals surface area contributed by atoms with Crippen molar-refractivity contribution in [1.82, 2.24) is 9.62 Å². The van der Waals surface area contributed by atoms with Crippen LogP contribution in [0.5, 0.6) is 0 Å². The smallest absolute Gasteiger partial charge is 0.254 e. The molecule has 0 spiro atoms. The Morgan fingerprint density at radius 1 is 1.03 bits per heavy atom. The Balaban J connectivity index is 1.92. The molecule has 7 heteroatoms. The van der Waals surface area contributed by atoms with Gasteiger partial charge in [-0.05, 0) is 41.5 Å². The molecule has 0 bridgehead atoms. The van der Waals surface area contributed by atoms with Crippen LogP contribution >= 0.6 is 0 Å². The van der Waals surface area contributed by atoms with Crippen molar-refractivity contribution >= 4 is 26.7 Å². The third kappa shape index (κ3) is 4.22. The van der Waals surface area contributed by atoms with Gasteiger partial charge in [0, 0.05) is 13.1 Å². The maximum absolute atomic E-state index is 14.4. The predicted molar refractivity (Wildman–Crippen MR) is 116 cm³/mol. The zero-order valence-electron chi connectivity index (χ0n) is 17.2. The molecule has 1 atom stereocenters. The van der Waals surface area contributed by atoms with E-state index in [1.165, 1.54) is 10.4 Å². The maximum atomic E-state index is 14.4. The van der Waals surface area contributed by atoms with E-state index in [2.05, 4.69) is 5.32 Å². The van der Waals surface area contributed by atoms with Crippen molar-refractivity contribution in [3.8, 4) is 0 Å². The first-order chi connectivity index (χ1) is 14.3.